The van der Waals surface area contributed by atoms with E-state index < -0.39 is 0 Å². The molecule has 0 aromatic heterocycles. The highest BCUT2D eigenvalue weighted by Gasteiger charge is 2.28. The van der Waals surface area contributed by atoms with Crippen LogP contribution >= 0.6 is 37.1 Å². The van der Waals surface area contributed by atoms with Crippen molar-refractivity contribution in [3.05, 3.63) is 14.6 Å². The predicted octanol–water partition coefficient (Wildman–Crippen LogP) is 3.98. The zero-order chi connectivity index (χ0) is 16.9. The molecule has 0 saturated carbocycles. The maximum absolute atomic E-state index is 5.74. The molecule has 0 spiro atoms. The summed E-state index contributed by atoms with van der Waals surface area (Å²) < 4.78 is 7.06. The Kier molecular flexibility index (Phi) is 7.95. The lowest BCUT2D eigenvalue weighted by molar-refractivity contribution is 0.112. The van der Waals surface area contributed by atoms with Crippen LogP contribution in [-0.4, -0.2) is 51.3 Å². The number of hydrogen-bond acceptors (Lipinski definition) is 6. The lowest BCUT2D eigenvalue weighted by Crippen LogP contribution is -2.30. The van der Waals surface area contributed by atoms with Crippen LogP contribution in [0, 0.1) is 9.02 Å². The molecule has 0 aliphatic carbocycles. The normalized spacial score (nSPS) is 12.3. The zero-order valence-electron chi connectivity index (χ0n) is 14.3. The summed E-state index contributed by atoms with van der Waals surface area (Å²) in [6, 6.07) is 0. The molecule has 0 bridgehead atoms. The van der Waals surface area contributed by atoms with Gasteiger partial charge in [-0.3, -0.25) is 0 Å². The Labute approximate surface area is 150 Å². The van der Waals surface area contributed by atoms with E-state index in [9.17, 15) is 0 Å². The van der Waals surface area contributed by atoms with Gasteiger partial charge in [-0.15, -0.1) is 0 Å². The van der Waals surface area contributed by atoms with Gasteiger partial charge in [0.15, 0.2) is 0 Å². The second-order valence-corrected chi connectivity index (χ2v) is 7.94. The third-order valence-corrected chi connectivity index (χ3v) is 5.05. The summed E-state index contributed by atoms with van der Waals surface area (Å²) >= 11 is 15.4. The maximum atomic E-state index is 5.74. The van der Waals surface area contributed by atoms with Gasteiger partial charge in [-0.2, -0.15) is 12.6 Å². The highest BCUT2D eigenvalue weighted by atomic mass is 32.1. The zero-order valence-corrected chi connectivity index (χ0v) is 16.8. The molecule has 22 heavy (non-hydrogen) atoms. The van der Waals surface area contributed by atoms with Gasteiger partial charge in [-0.1, -0.05) is 38.3 Å². The summed E-state index contributed by atoms with van der Waals surface area (Å²) in [6.45, 7) is 13.8. The van der Waals surface area contributed by atoms with Gasteiger partial charge in [0.25, 0.3) is 0 Å². The van der Waals surface area contributed by atoms with E-state index in [1.165, 1.54) is 0 Å². The number of ether oxygens (including phenoxy) is 1. The van der Waals surface area contributed by atoms with Crippen LogP contribution in [0.5, 0.6) is 0 Å². The van der Waals surface area contributed by atoms with Gasteiger partial charge >= 0.3 is 0 Å². The molecule has 0 atom stereocenters. The molecule has 1 rings (SSSR count). The number of rotatable bonds is 10. The minimum Gasteiger partial charge on any atom is -0.378 e. The SMILES string of the molecule is CCN(CC)CCOCCN(C)c1c(C(C)(C)S)c(=S)c1=S. The van der Waals surface area contributed by atoms with E-state index >= 15 is 0 Å². The fourth-order valence-electron chi connectivity index (χ4n) is 2.46. The van der Waals surface area contributed by atoms with E-state index in [2.05, 4.69) is 36.3 Å². The maximum Gasteiger partial charge on any atom is 0.0799 e. The van der Waals surface area contributed by atoms with Crippen molar-refractivity contribution in [1.82, 2.24) is 4.90 Å². The Hall–Kier alpha value is -0.0100. The molecule has 1 aromatic rings. The predicted molar refractivity (Wildman–Crippen MR) is 104 cm³/mol. The molecule has 0 amide bonds. The molecular weight excluding hydrogens is 332 g/mol. The Balaban J connectivity index is 2.48. The van der Waals surface area contributed by atoms with Gasteiger partial charge in [0.2, 0.25) is 0 Å². The molecule has 0 unspecified atom stereocenters. The van der Waals surface area contributed by atoms with E-state index in [1.54, 1.807) is 0 Å². The van der Waals surface area contributed by atoms with Gasteiger partial charge in [-0.25, -0.2) is 0 Å². The summed E-state index contributed by atoms with van der Waals surface area (Å²) in [5, 5.41) is 0. The largest absolute Gasteiger partial charge is 0.378 e. The second-order valence-electron chi connectivity index (χ2n) is 6.00. The highest BCUT2D eigenvalue weighted by Crippen LogP contribution is 2.41. The van der Waals surface area contributed by atoms with E-state index in [4.69, 9.17) is 29.2 Å². The number of hydrogen-bond donors (Lipinski definition) is 1. The fourth-order valence-corrected chi connectivity index (χ4v) is 3.56. The fraction of sp³-hybridized carbons (Fsp3) is 0.750. The molecule has 0 heterocycles. The number of anilines is 1. The van der Waals surface area contributed by atoms with E-state index in [1.807, 2.05) is 20.9 Å². The third kappa shape index (κ3) is 4.99. The van der Waals surface area contributed by atoms with Crippen molar-refractivity contribution < 1.29 is 4.74 Å². The van der Waals surface area contributed by atoms with Crippen LogP contribution in [0.4, 0.5) is 5.69 Å². The average Bonchev–Trinajstić information content (AvgIpc) is 2.45. The van der Waals surface area contributed by atoms with Crippen molar-refractivity contribution in [2.75, 3.05) is 51.3 Å². The molecule has 0 N–H and O–H groups in total. The average molecular weight is 361 g/mol. The van der Waals surface area contributed by atoms with Crippen LogP contribution in [0.2, 0.25) is 0 Å². The van der Waals surface area contributed by atoms with Crippen LogP contribution in [0.1, 0.15) is 33.3 Å². The third-order valence-electron chi connectivity index (χ3n) is 3.90. The molecular formula is C16H28N2OS3. The van der Waals surface area contributed by atoms with E-state index in [0.717, 1.165) is 53.1 Å². The number of nitrogens with zero attached hydrogens (tertiary/aromatic N) is 2. The second kappa shape index (κ2) is 8.73. The van der Waals surface area contributed by atoms with Crippen LogP contribution in [0.3, 0.4) is 0 Å². The lowest BCUT2D eigenvalue weighted by atomic mass is 9.95. The molecule has 0 radical (unpaired) electrons. The van der Waals surface area contributed by atoms with Gasteiger partial charge < -0.3 is 14.5 Å². The van der Waals surface area contributed by atoms with Crippen LogP contribution in [0.25, 0.3) is 0 Å². The summed E-state index contributed by atoms with van der Waals surface area (Å²) in [5.41, 5.74) is 2.15. The molecule has 3 nitrogen and oxygen atoms in total. The number of thiol groups is 1. The minimum absolute atomic E-state index is 0.257. The first kappa shape index (κ1) is 20.0. The summed E-state index contributed by atoms with van der Waals surface area (Å²) in [6.07, 6.45) is 0. The van der Waals surface area contributed by atoms with Crippen molar-refractivity contribution in [2.45, 2.75) is 32.4 Å². The molecule has 6 heteroatoms. The summed E-state index contributed by atoms with van der Waals surface area (Å²) in [7, 11) is 2.04. The van der Waals surface area contributed by atoms with Gasteiger partial charge in [0.05, 0.1) is 27.9 Å². The summed E-state index contributed by atoms with van der Waals surface area (Å²) in [5.74, 6) is 0. The Bertz CT molecular complexity index is 540. The molecule has 0 aliphatic rings. The Morgan fingerprint density at radius 2 is 1.59 bits per heavy atom. The van der Waals surface area contributed by atoms with Gasteiger partial charge in [-0.05, 0) is 26.9 Å². The van der Waals surface area contributed by atoms with Crippen molar-refractivity contribution in [3.63, 3.8) is 0 Å². The first-order valence-electron chi connectivity index (χ1n) is 7.81. The number of likely N-dealkylation sites (N-methyl/N-ethyl adjacent to an activating group) is 2. The quantitative estimate of drug-likeness (QED) is 0.385. The summed E-state index contributed by atoms with van der Waals surface area (Å²) in [4.78, 5) is 4.50. The van der Waals surface area contributed by atoms with Crippen LogP contribution in [-0.2, 0) is 9.48 Å². The Morgan fingerprint density at radius 1 is 1.05 bits per heavy atom. The molecule has 0 aliphatic heterocycles. The van der Waals surface area contributed by atoms with Crippen LogP contribution in [0.15, 0.2) is 0 Å². The molecule has 0 fully saturated rings. The van der Waals surface area contributed by atoms with E-state index in [0.29, 0.717) is 6.61 Å². The topological polar surface area (TPSA) is 15.7 Å². The highest BCUT2D eigenvalue weighted by molar-refractivity contribution is 7.81. The minimum atomic E-state index is -0.257. The molecule has 0 saturated heterocycles. The van der Waals surface area contributed by atoms with Crippen molar-refractivity contribution in [1.29, 1.82) is 0 Å². The lowest BCUT2D eigenvalue weighted by Gasteiger charge is -2.31. The first-order chi connectivity index (χ1) is 10.2. The van der Waals surface area contributed by atoms with E-state index in [-0.39, 0.29) is 4.75 Å². The van der Waals surface area contributed by atoms with Crippen molar-refractivity contribution in [2.24, 2.45) is 0 Å². The first-order valence-corrected chi connectivity index (χ1v) is 9.07. The smallest absolute Gasteiger partial charge is 0.0799 e. The standard InChI is InChI=1S/C16H28N2OS3/c1-6-18(7-2)9-11-19-10-8-17(5)13-12(16(3,4)22)14(20)15(13)21/h22H,6-11H2,1-5H3. The van der Waals surface area contributed by atoms with Gasteiger partial charge in [0, 0.05) is 30.4 Å². The molecule has 1 aromatic carbocycles. The monoisotopic (exact) mass is 360 g/mol. The Morgan fingerprint density at radius 3 is 2.09 bits per heavy atom. The van der Waals surface area contributed by atoms with Crippen LogP contribution < -0.4 is 4.90 Å². The van der Waals surface area contributed by atoms with Gasteiger partial charge in [0.1, 0.15) is 0 Å². The van der Waals surface area contributed by atoms with Crippen molar-refractivity contribution >= 4 is 42.8 Å². The van der Waals surface area contributed by atoms with Crippen molar-refractivity contribution in [3.8, 4) is 0 Å². The molecule has 126 valence electrons.